The molecule has 2 aromatic carbocycles. The van der Waals surface area contributed by atoms with Gasteiger partial charge in [-0.2, -0.15) is 5.26 Å². The normalized spacial score (nSPS) is 12.3. The summed E-state index contributed by atoms with van der Waals surface area (Å²) >= 11 is 0. The van der Waals surface area contributed by atoms with Crippen molar-refractivity contribution in [2.75, 3.05) is 28.1 Å². The van der Waals surface area contributed by atoms with E-state index in [-0.39, 0.29) is 18.1 Å². The summed E-state index contributed by atoms with van der Waals surface area (Å²) in [5.74, 6) is 1.94. The van der Waals surface area contributed by atoms with Crippen LogP contribution in [0.4, 0.5) is 0 Å². The Morgan fingerprint density at radius 2 is 1.67 bits per heavy atom. The van der Waals surface area contributed by atoms with E-state index < -0.39 is 0 Å². The smallest absolute Gasteiger partial charge is 0.231 e. The van der Waals surface area contributed by atoms with E-state index in [1.165, 1.54) is 27.4 Å². The van der Waals surface area contributed by atoms with Crippen LogP contribution in [0.5, 0.6) is 28.7 Å². The summed E-state index contributed by atoms with van der Waals surface area (Å²) in [4.78, 5) is 12.6. The fourth-order valence-corrected chi connectivity index (χ4v) is 2.68. The molecule has 138 valence electrons. The molecule has 0 unspecified atom stereocenters. The van der Waals surface area contributed by atoms with Gasteiger partial charge in [-0.3, -0.25) is 4.79 Å². The number of fused-ring (bicyclic) bond motifs is 1. The summed E-state index contributed by atoms with van der Waals surface area (Å²) in [6.45, 7) is 0.123. The van der Waals surface area contributed by atoms with Crippen molar-refractivity contribution in [3.63, 3.8) is 0 Å². The summed E-state index contributed by atoms with van der Waals surface area (Å²) in [5.41, 5.74) is 1.03. The van der Waals surface area contributed by atoms with E-state index in [1.807, 2.05) is 6.07 Å². The quantitative estimate of drug-likeness (QED) is 0.440. The summed E-state index contributed by atoms with van der Waals surface area (Å²) in [6, 6.07) is 10.1. The zero-order chi connectivity index (χ0) is 19.4. The molecule has 0 atom stereocenters. The largest absolute Gasteiger partial charge is 0.493 e. The molecular weight excluding hydrogens is 350 g/mol. The minimum Gasteiger partial charge on any atom is -0.493 e. The van der Waals surface area contributed by atoms with E-state index in [1.54, 1.807) is 30.3 Å². The van der Waals surface area contributed by atoms with Crippen LogP contribution >= 0.6 is 0 Å². The Morgan fingerprint density at radius 3 is 2.26 bits per heavy atom. The second kappa shape index (κ2) is 7.70. The van der Waals surface area contributed by atoms with E-state index in [4.69, 9.17) is 23.7 Å². The fraction of sp³-hybridized carbons (Fsp3) is 0.200. The molecular formula is C20H17NO6. The molecule has 0 aromatic heterocycles. The van der Waals surface area contributed by atoms with E-state index >= 15 is 0 Å². The molecule has 0 fully saturated rings. The van der Waals surface area contributed by atoms with Crippen LogP contribution in [0.25, 0.3) is 5.57 Å². The van der Waals surface area contributed by atoms with Crippen LogP contribution in [0, 0.1) is 11.3 Å². The Labute approximate surface area is 156 Å². The lowest BCUT2D eigenvalue weighted by molar-refractivity contribution is 0.104. The minimum absolute atomic E-state index is 0.123. The zero-order valence-electron chi connectivity index (χ0n) is 15.1. The lowest BCUT2D eigenvalue weighted by atomic mass is 10.0. The van der Waals surface area contributed by atoms with Crippen LogP contribution in [0.3, 0.4) is 0 Å². The zero-order valence-corrected chi connectivity index (χ0v) is 15.1. The molecule has 27 heavy (non-hydrogen) atoms. The number of ether oxygens (including phenoxy) is 5. The van der Waals surface area contributed by atoms with E-state index in [0.717, 1.165) is 0 Å². The van der Waals surface area contributed by atoms with Gasteiger partial charge in [0.25, 0.3) is 0 Å². The number of allylic oxidation sites excluding steroid dienone is 2. The summed E-state index contributed by atoms with van der Waals surface area (Å²) < 4.78 is 26.4. The third kappa shape index (κ3) is 3.51. The SMILES string of the molecule is COc1cc(/C(C#N)=C\C(=O)c2ccc3c(c2)OCO3)cc(OC)c1OC. The number of hydrogen-bond donors (Lipinski definition) is 0. The highest BCUT2D eigenvalue weighted by molar-refractivity contribution is 6.10. The first-order valence-corrected chi connectivity index (χ1v) is 7.97. The van der Waals surface area contributed by atoms with E-state index in [9.17, 15) is 10.1 Å². The van der Waals surface area contributed by atoms with Crippen molar-refractivity contribution in [1.82, 2.24) is 0 Å². The fourth-order valence-electron chi connectivity index (χ4n) is 2.68. The number of benzene rings is 2. The average molecular weight is 367 g/mol. The Balaban J connectivity index is 1.99. The van der Waals surface area contributed by atoms with Crippen molar-refractivity contribution in [2.45, 2.75) is 0 Å². The topological polar surface area (TPSA) is 87.0 Å². The molecule has 7 nitrogen and oxygen atoms in total. The number of carbonyl (C=O) groups excluding carboxylic acids is 1. The number of rotatable bonds is 6. The van der Waals surface area contributed by atoms with Gasteiger partial charge in [-0.25, -0.2) is 0 Å². The Kier molecular flexibility index (Phi) is 5.18. The average Bonchev–Trinajstić information content (AvgIpc) is 3.18. The predicted molar refractivity (Wildman–Crippen MR) is 96.6 cm³/mol. The highest BCUT2D eigenvalue weighted by atomic mass is 16.7. The van der Waals surface area contributed by atoms with Gasteiger partial charge in [0.2, 0.25) is 12.5 Å². The second-order valence-electron chi connectivity index (χ2n) is 5.52. The van der Waals surface area contributed by atoms with Gasteiger partial charge in [0.05, 0.1) is 33.0 Å². The maximum atomic E-state index is 12.6. The van der Waals surface area contributed by atoms with Crippen LogP contribution in [0.2, 0.25) is 0 Å². The number of ketones is 1. The molecule has 1 aliphatic rings. The summed E-state index contributed by atoms with van der Waals surface area (Å²) in [7, 11) is 4.45. The van der Waals surface area contributed by atoms with Gasteiger partial charge in [0.1, 0.15) is 0 Å². The second-order valence-corrected chi connectivity index (χ2v) is 5.52. The van der Waals surface area contributed by atoms with Crippen molar-refractivity contribution in [3.8, 4) is 34.8 Å². The lowest BCUT2D eigenvalue weighted by Crippen LogP contribution is -1.99. The van der Waals surface area contributed by atoms with Gasteiger partial charge in [-0.1, -0.05) is 0 Å². The molecule has 0 saturated carbocycles. The molecule has 0 N–H and O–H groups in total. The molecule has 0 bridgehead atoms. The van der Waals surface area contributed by atoms with Gasteiger partial charge in [-0.05, 0) is 35.9 Å². The molecule has 0 amide bonds. The molecule has 0 saturated heterocycles. The van der Waals surface area contributed by atoms with Gasteiger partial charge < -0.3 is 23.7 Å². The Morgan fingerprint density at radius 1 is 1.00 bits per heavy atom. The van der Waals surface area contributed by atoms with Crippen molar-refractivity contribution in [1.29, 1.82) is 5.26 Å². The first kappa shape index (κ1) is 18.1. The number of methoxy groups -OCH3 is 3. The maximum Gasteiger partial charge on any atom is 0.231 e. The molecule has 1 heterocycles. The molecule has 0 radical (unpaired) electrons. The molecule has 3 rings (SSSR count). The van der Waals surface area contributed by atoms with E-state index in [2.05, 4.69) is 0 Å². The monoisotopic (exact) mass is 367 g/mol. The predicted octanol–water partition coefficient (Wildman–Crippen LogP) is 3.23. The van der Waals surface area contributed by atoms with Crippen molar-refractivity contribution < 1.29 is 28.5 Å². The lowest BCUT2D eigenvalue weighted by Gasteiger charge is -2.13. The van der Waals surface area contributed by atoms with Crippen molar-refractivity contribution >= 4 is 11.4 Å². The molecule has 0 spiro atoms. The number of nitrogens with zero attached hydrogens (tertiary/aromatic N) is 1. The van der Waals surface area contributed by atoms with Crippen molar-refractivity contribution in [3.05, 3.63) is 47.5 Å². The molecule has 7 heteroatoms. The van der Waals surface area contributed by atoms with Crippen LogP contribution < -0.4 is 23.7 Å². The number of nitriles is 1. The maximum absolute atomic E-state index is 12.6. The van der Waals surface area contributed by atoms with Gasteiger partial charge in [0, 0.05) is 11.6 Å². The molecule has 1 aliphatic heterocycles. The first-order valence-electron chi connectivity index (χ1n) is 7.97. The van der Waals surface area contributed by atoms with Gasteiger partial charge in [-0.15, -0.1) is 0 Å². The van der Waals surface area contributed by atoms with Gasteiger partial charge in [0.15, 0.2) is 28.8 Å². The van der Waals surface area contributed by atoms with Crippen LogP contribution in [0.15, 0.2) is 36.4 Å². The van der Waals surface area contributed by atoms with Gasteiger partial charge >= 0.3 is 0 Å². The van der Waals surface area contributed by atoms with E-state index in [0.29, 0.717) is 39.9 Å². The summed E-state index contributed by atoms with van der Waals surface area (Å²) in [5, 5.41) is 9.56. The first-order chi connectivity index (χ1) is 13.1. The standard InChI is InChI=1S/C20H17NO6/c1-23-18-8-13(9-19(24-2)20(18)25-3)14(10-21)6-15(22)12-4-5-16-17(7-12)27-11-26-16/h4-9H,11H2,1-3H3/b14-6-. The Bertz CT molecular complexity index is 932. The van der Waals surface area contributed by atoms with Crippen LogP contribution in [0.1, 0.15) is 15.9 Å². The molecule has 2 aromatic rings. The van der Waals surface area contributed by atoms with Crippen LogP contribution in [-0.2, 0) is 0 Å². The highest BCUT2D eigenvalue weighted by Crippen LogP contribution is 2.40. The third-order valence-corrected chi connectivity index (χ3v) is 4.03. The number of carbonyl (C=O) groups is 1. The van der Waals surface area contributed by atoms with Crippen LogP contribution in [-0.4, -0.2) is 33.9 Å². The molecule has 0 aliphatic carbocycles. The third-order valence-electron chi connectivity index (χ3n) is 4.03. The highest BCUT2D eigenvalue weighted by Gasteiger charge is 2.18. The van der Waals surface area contributed by atoms with Crippen molar-refractivity contribution in [2.24, 2.45) is 0 Å². The Hall–Kier alpha value is -3.66. The number of hydrogen-bond acceptors (Lipinski definition) is 7. The minimum atomic E-state index is -0.335. The summed E-state index contributed by atoms with van der Waals surface area (Å²) in [6.07, 6.45) is 1.26.